The van der Waals surface area contributed by atoms with Crippen molar-refractivity contribution in [3.63, 3.8) is 0 Å². The molecule has 0 aliphatic rings. The van der Waals surface area contributed by atoms with Crippen LogP contribution in [0.3, 0.4) is 0 Å². The molecule has 0 aliphatic heterocycles. The molecule has 0 saturated heterocycles. The quantitative estimate of drug-likeness (QED) is 0.633. The van der Waals surface area contributed by atoms with Gasteiger partial charge in [0.15, 0.2) is 11.0 Å². The number of nitrogens with two attached hydrogens (primary N) is 1. The summed E-state index contributed by atoms with van der Waals surface area (Å²) in [6.45, 7) is 0. The topological polar surface area (TPSA) is 68.0 Å². The number of nitrogen functional groups attached to an aromatic ring is 1. The van der Waals surface area contributed by atoms with Gasteiger partial charge in [-0.05, 0) is 34.1 Å². The van der Waals surface area contributed by atoms with Crippen molar-refractivity contribution in [2.45, 2.75) is 0 Å². The number of amides is 1. The molecule has 1 heterocycles. The fourth-order valence-electron chi connectivity index (χ4n) is 1.48. The van der Waals surface area contributed by atoms with Gasteiger partial charge in [-0.2, -0.15) is 0 Å². The van der Waals surface area contributed by atoms with Crippen LogP contribution in [0.1, 0.15) is 10.4 Å². The van der Waals surface area contributed by atoms with E-state index in [2.05, 4.69) is 26.2 Å². The zero-order valence-electron chi connectivity index (χ0n) is 9.75. The third-order valence-electron chi connectivity index (χ3n) is 2.36. The second-order valence-electron chi connectivity index (χ2n) is 3.80. The molecule has 4 nitrogen and oxygen atoms in total. The molecule has 3 N–H and O–H groups in total. The Morgan fingerprint density at radius 3 is 2.75 bits per heavy atom. The van der Waals surface area contributed by atoms with Crippen molar-refractivity contribution in [2.24, 2.45) is 0 Å². The number of hydrogen-bond acceptors (Lipinski definition) is 3. The van der Waals surface area contributed by atoms with E-state index >= 15 is 0 Å². The monoisotopic (exact) mass is 361 g/mol. The third-order valence-corrected chi connectivity index (χ3v) is 3.10. The Kier molecular flexibility index (Phi) is 4.20. The van der Waals surface area contributed by atoms with Crippen molar-refractivity contribution < 1.29 is 13.6 Å². The normalized spacial score (nSPS) is 10.4. The summed E-state index contributed by atoms with van der Waals surface area (Å²) in [4.78, 5) is 15.7. The first kappa shape index (κ1) is 14.7. The number of halogens is 4. The van der Waals surface area contributed by atoms with E-state index in [1.807, 2.05) is 0 Å². The van der Waals surface area contributed by atoms with Crippen molar-refractivity contribution >= 4 is 44.8 Å². The van der Waals surface area contributed by atoms with E-state index in [9.17, 15) is 13.6 Å². The lowest BCUT2D eigenvalue weighted by molar-refractivity contribution is 0.102. The summed E-state index contributed by atoms with van der Waals surface area (Å²) in [5.41, 5.74) is 4.46. The van der Waals surface area contributed by atoms with Crippen molar-refractivity contribution in [2.75, 3.05) is 11.1 Å². The first-order chi connectivity index (χ1) is 9.38. The number of aromatic nitrogens is 1. The van der Waals surface area contributed by atoms with Crippen LogP contribution in [0, 0.1) is 11.6 Å². The molecule has 1 aromatic heterocycles. The summed E-state index contributed by atoms with van der Waals surface area (Å²) in [6, 6.07) is 3.02. The predicted octanol–water partition coefficient (Wildman–Crippen LogP) is 3.61. The van der Waals surface area contributed by atoms with Crippen LogP contribution >= 0.6 is 27.5 Å². The number of benzene rings is 1. The van der Waals surface area contributed by atoms with Gasteiger partial charge in [0, 0.05) is 10.7 Å². The van der Waals surface area contributed by atoms with E-state index in [0.717, 1.165) is 12.1 Å². The predicted molar refractivity (Wildman–Crippen MR) is 75.7 cm³/mol. The highest BCUT2D eigenvalue weighted by atomic mass is 79.9. The highest BCUT2D eigenvalue weighted by Gasteiger charge is 2.17. The molecule has 0 spiro atoms. The molecule has 8 heteroatoms. The van der Waals surface area contributed by atoms with Crippen LogP contribution in [0.2, 0.25) is 5.15 Å². The van der Waals surface area contributed by atoms with E-state index in [1.165, 1.54) is 12.3 Å². The van der Waals surface area contributed by atoms with E-state index < -0.39 is 28.8 Å². The minimum absolute atomic E-state index is 0.0198. The SMILES string of the molecule is Nc1cc(F)cc(C(=O)Nc2cc(Br)cnc2Cl)c1F. The number of hydrogen-bond donors (Lipinski definition) is 2. The third kappa shape index (κ3) is 3.05. The molecule has 0 saturated carbocycles. The number of nitrogens with zero attached hydrogens (tertiary/aromatic N) is 1. The van der Waals surface area contributed by atoms with Crippen molar-refractivity contribution in [1.29, 1.82) is 0 Å². The standard InChI is InChI=1S/C12H7BrClF2N3O/c13-5-1-9(11(14)18-4-5)19-12(20)7-2-6(15)3-8(17)10(7)16/h1-4H,17H2,(H,19,20). The van der Waals surface area contributed by atoms with Gasteiger partial charge in [-0.1, -0.05) is 11.6 Å². The van der Waals surface area contributed by atoms with Gasteiger partial charge in [-0.15, -0.1) is 0 Å². The average Bonchev–Trinajstić information content (AvgIpc) is 2.38. The van der Waals surface area contributed by atoms with Gasteiger partial charge in [-0.25, -0.2) is 13.8 Å². The van der Waals surface area contributed by atoms with Gasteiger partial charge < -0.3 is 11.1 Å². The Balaban J connectivity index is 2.35. The van der Waals surface area contributed by atoms with Gasteiger partial charge in [0.1, 0.15) is 5.82 Å². The van der Waals surface area contributed by atoms with Crippen LogP contribution in [0.25, 0.3) is 0 Å². The number of nitrogens with one attached hydrogen (secondary N) is 1. The molecule has 0 fully saturated rings. The molecule has 0 radical (unpaired) electrons. The number of carbonyl (C=O) groups is 1. The summed E-state index contributed by atoms with van der Waals surface area (Å²) in [5.74, 6) is -2.69. The second-order valence-corrected chi connectivity index (χ2v) is 5.08. The van der Waals surface area contributed by atoms with Crippen molar-refractivity contribution in [3.8, 4) is 0 Å². The maximum atomic E-state index is 13.7. The molecule has 0 atom stereocenters. The Labute approximate surface area is 126 Å². The molecule has 104 valence electrons. The van der Waals surface area contributed by atoms with E-state index in [4.69, 9.17) is 17.3 Å². The van der Waals surface area contributed by atoms with Crippen LogP contribution in [0.15, 0.2) is 28.9 Å². The van der Waals surface area contributed by atoms with Crippen LogP contribution in [0.5, 0.6) is 0 Å². The smallest absolute Gasteiger partial charge is 0.258 e. The lowest BCUT2D eigenvalue weighted by atomic mass is 10.1. The summed E-state index contributed by atoms with van der Waals surface area (Å²) in [6.07, 6.45) is 1.43. The van der Waals surface area contributed by atoms with Crippen LogP contribution in [-0.4, -0.2) is 10.9 Å². The van der Waals surface area contributed by atoms with E-state index in [0.29, 0.717) is 4.47 Å². The summed E-state index contributed by atoms with van der Waals surface area (Å²) in [7, 11) is 0. The second kappa shape index (κ2) is 5.72. The molecular weight excluding hydrogens is 356 g/mol. The Morgan fingerprint density at radius 2 is 2.05 bits per heavy atom. The van der Waals surface area contributed by atoms with Crippen molar-refractivity contribution in [3.05, 3.63) is 51.2 Å². The molecule has 1 amide bonds. The molecule has 0 unspecified atom stereocenters. The van der Waals surface area contributed by atoms with Crippen molar-refractivity contribution in [1.82, 2.24) is 4.98 Å². The number of carbonyl (C=O) groups excluding carboxylic acids is 1. The highest BCUT2D eigenvalue weighted by molar-refractivity contribution is 9.10. The van der Waals surface area contributed by atoms with Gasteiger partial charge in [-0.3, -0.25) is 4.79 Å². The van der Waals surface area contributed by atoms with Gasteiger partial charge in [0.2, 0.25) is 0 Å². The Morgan fingerprint density at radius 1 is 1.35 bits per heavy atom. The van der Waals surface area contributed by atoms with Gasteiger partial charge in [0.25, 0.3) is 5.91 Å². The molecular formula is C12H7BrClF2N3O. The largest absolute Gasteiger partial charge is 0.396 e. The maximum Gasteiger partial charge on any atom is 0.258 e. The lowest BCUT2D eigenvalue weighted by Gasteiger charge is -2.09. The first-order valence-corrected chi connectivity index (χ1v) is 6.42. The molecule has 2 rings (SSSR count). The van der Waals surface area contributed by atoms with Crippen LogP contribution in [-0.2, 0) is 0 Å². The highest BCUT2D eigenvalue weighted by Crippen LogP contribution is 2.25. The Bertz CT molecular complexity index is 697. The van der Waals surface area contributed by atoms with Crippen LogP contribution in [0.4, 0.5) is 20.2 Å². The van der Waals surface area contributed by atoms with Gasteiger partial charge >= 0.3 is 0 Å². The number of pyridine rings is 1. The minimum Gasteiger partial charge on any atom is -0.396 e. The van der Waals surface area contributed by atoms with E-state index in [1.54, 1.807) is 0 Å². The first-order valence-electron chi connectivity index (χ1n) is 5.25. The fraction of sp³-hybridized carbons (Fsp3) is 0. The Hall–Kier alpha value is -1.73. The maximum absolute atomic E-state index is 13.7. The molecule has 0 aliphatic carbocycles. The summed E-state index contributed by atoms with van der Waals surface area (Å²) < 4.78 is 27.4. The molecule has 20 heavy (non-hydrogen) atoms. The molecule has 2 aromatic rings. The average molecular weight is 363 g/mol. The lowest BCUT2D eigenvalue weighted by Crippen LogP contribution is -2.15. The minimum atomic E-state index is -0.997. The molecule has 1 aromatic carbocycles. The zero-order chi connectivity index (χ0) is 14.9. The van der Waals surface area contributed by atoms with Crippen LogP contribution < -0.4 is 11.1 Å². The molecule has 0 bridgehead atoms. The summed E-state index contributed by atoms with van der Waals surface area (Å²) in [5, 5.41) is 2.36. The number of anilines is 2. The number of rotatable bonds is 2. The van der Waals surface area contributed by atoms with Gasteiger partial charge in [0.05, 0.1) is 16.9 Å². The fourth-order valence-corrected chi connectivity index (χ4v) is 1.96. The summed E-state index contributed by atoms with van der Waals surface area (Å²) >= 11 is 8.94. The zero-order valence-corrected chi connectivity index (χ0v) is 12.1. The van der Waals surface area contributed by atoms with E-state index in [-0.39, 0.29) is 10.8 Å².